The van der Waals surface area contributed by atoms with Crippen molar-refractivity contribution in [2.75, 3.05) is 13.1 Å². The first-order valence-electron chi connectivity index (χ1n) is 8.29. The van der Waals surface area contributed by atoms with Crippen LogP contribution in [0, 0.1) is 5.92 Å². The van der Waals surface area contributed by atoms with Crippen molar-refractivity contribution in [3.8, 4) is 0 Å². The van der Waals surface area contributed by atoms with E-state index in [-0.39, 0.29) is 0 Å². The maximum Gasteiger partial charge on any atom is 0.229 e. The smallest absolute Gasteiger partial charge is 0.229 e. The van der Waals surface area contributed by atoms with Crippen molar-refractivity contribution >= 4 is 0 Å². The molecule has 1 aliphatic heterocycles. The second kappa shape index (κ2) is 5.83. The highest BCUT2D eigenvalue weighted by molar-refractivity contribution is 5.02. The average molecular weight is 301 g/mol. The highest BCUT2D eigenvalue weighted by atomic mass is 16.5. The third kappa shape index (κ3) is 3.06. The van der Waals surface area contributed by atoms with Crippen molar-refractivity contribution in [3.63, 3.8) is 0 Å². The number of likely N-dealkylation sites (tertiary alicyclic amines) is 1. The first kappa shape index (κ1) is 13.9. The summed E-state index contributed by atoms with van der Waals surface area (Å²) in [4.78, 5) is 11.5. The first-order valence-corrected chi connectivity index (χ1v) is 8.29. The van der Waals surface area contributed by atoms with Crippen LogP contribution in [-0.2, 0) is 20.0 Å². The second-order valence-electron chi connectivity index (χ2n) is 6.72. The van der Waals surface area contributed by atoms with E-state index in [2.05, 4.69) is 31.6 Å². The van der Waals surface area contributed by atoms with Crippen molar-refractivity contribution in [3.05, 3.63) is 29.9 Å². The normalized spacial score (nSPS) is 23.0. The summed E-state index contributed by atoms with van der Waals surface area (Å²) in [5.74, 6) is 4.09. The summed E-state index contributed by atoms with van der Waals surface area (Å²) in [5, 5.41) is 4.14. The summed E-state index contributed by atoms with van der Waals surface area (Å²) in [6, 6.07) is 0. The van der Waals surface area contributed by atoms with Gasteiger partial charge in [-0.15, -0.1) is 0 Å². The Hall–Kier alpha value is -1.69. The number of aryl methyl sites for hydroxylation is 1. The Morgan fingerprint density at radius 1 is 1.32 bits per heavy atom. The average Bonchev–Trinajstić information content (AvgIpc) is 3.14. The van der Waals surface area contributed by atoms with Gasteiger partial charge in [0.05, 0.1) is 6.54 Å². The van der Waals surface area contributed by atoms with Crippen LogP contribution in [0.1, 0.15) is 49.1 Å². The van der Waals surface area contributed by atoms with Gasteiger partial charge < -0.3 is 9.09 Å². The maximum atomic E-state index is 5.36. The van der Waals surface area contributed by atoms with Crippen molar-refractivity contribution in [2.45, 2.75) is 44.6 Å². The monoisotopic (exact) mass is 301 g/mol. The Morgan fingerprint density at radius 3 is 3.00 bits per heavy atom. The Bertz CT molecular complexity index is 630. The molecule has 0 N–H and O–H groups in total. The van der Waals surface area contributed by atoms with Gasteiger partial charge in [-0.25, -0.2) is 4.98 Å². The molecule has 2 aromatic heterocycles. The van der Waals surface area contributed by atoms with E-state index >= 15 is 0 Å². The molecule has 1 saturated heterocycles. The molecule has 2 aromatic rings. The quantitative estimate of drug-likeness (QED) is 0.846. The zero-order chi connectivity index (χ0) is 14.9. The van der Waals surface area contributed by atoms with Crippen LogP contribution >= 0.6 is 0 Å². The number of aromatic nitrogens is 4. The van der Waals surface area contributed by atoms with Crippen LogP contribution < -0.4 is 0 Å². The van der Waals surface area contributed by atoms with Gasteiger partial charge in [0.15, 0.2) is 5.82 Å². The van der Waals surface area contributed by atoms with E-state index in [0.717, 1.165) is 37.8 Å². The molecule has 22 heavy (non-hydrogen) atoms. The largest absolute Gasteiger partial charge is 0.339 e. The van der Waals surface area contributed by atoms with Crippen LogP contribution in [0.25, 0.3) is 0 Å². The molecular formula is C16H23N5O. The standard InChI is InChI=1S/C16H23N5O/c1-20-8-6-17-15(20)9-12-3-2-7-21(10-12)11-14-18-16(22-19-14)13-4-5-13/h6,8,12-13H,2-5,7,9-11H2,1H3/t12-/m1/s1. The van der Waals surface area contributed by atoms with Crippen molar-refractivity contribution in [1.29, 1.82) is 0 Å². The predicted molar refractivity (Wildman–Crippen MR) is 81.2 cm³/mol. The minimum atomic E-state index is 0.541. The van der Waals surface area contributed by atoms with Crippen LogP contribution in [0.5, 0.6) is 0 Å². The third-order valence-electron chi connectivity index (χ3n) is 4.77. The molecule has 0 bridgehead atoms. The number of rotatable bonds is 5. The first-order chi connectivity index (χ1) is 10.8. The minimum absolute atomic E-state index is 0.541. The van der Waals surface area contributed by atoms with Crippen LogP contribution in [0.15, 0.2) is 16.9 Å². The molecule has 2 aliphatic rings. The summed E-state index contributed by atoms with van der Waals surface area (Å²) >= 11 is 0. The fraction of sp³-hybridized carbons (Fsp3) is 0.688. The van der Waals surface area contributed by atoms with E-state index in [9.17, 15) is 0 Å². The van der Waals surface area contributed by atoms with Crippen LogP contribution in [0.3, 0.4) is 0 Å². The molecule has 0 amide bonds. The van der Waals surface area contributed by atoms with Gasteiger partial charge in [-0.3, -0.25) is 4.90 Å². The molecule has 0 spiro atoms. The lowest BCUT2D eigenvalue weighted by Gasteiger charge is -2.31. The molecule has 1 saturated carbocycles. The van der Waals surface area contributed by atoms with Gasteiger partial charge in [0.2, 0.25) is 5.89 Å². The zero-order valence-electron chi connectivity index (χ0n) is 13.1. The van der Waals surface area contributed by atoms with Gasteiger partial charge in [-0.05, 0) is 38.1 Å². The molecule has 2 fully saturated rings. The Kier molecular flexibility index (Phi) is 3.70. The molecule has 1 aliphatic carbocycles. The number of hydrogen-bond donors (Lipinski definition) is 0. The van der Waals surface area contributed by atoms with Crippen molar-refractivity contribution in [1.82, 2.24) is 24.6 Å². The topological polar surface area (TPSA) is 60.0 Å². The van der Waals surface area contributed by atoms with Gasteiger partial charge in [-0.1, -0.05) is 5.16 Å². The van der Waals surface area contributed by atoms with Crippen molar-refractivity contribution in [2.24, 2.45) is 13.0 Å². The van der Waals surface area contributed by atoms with Crippen molar-refractivity contribution < 1.29 is 4.52 Å². The number of piperidine rings is 1. The molecule has 3 heterocycles. The molecule has 0 unspecified atom stereocenters. The molecule has 0 aromatic carbocycles. The Labute approximate surface area is 130 Å². The Morgan fingerprint density at radius 2 is 2.23 bits per heavy atom. The number of nitrogens with zero attached hydrogens (tertiary/aromatic N) is 5. The van der Waals surface area contributed by atoms with Gasteiger partial charge >= 0.3 is 0 Å². The fourth-order valence-corrected chi connectivity index (χ4v) is 3.34. The maximum absolute atomic E-state index is 5.36. The summed E-state index contributed by atoms with van der Waals surface area (Å²) in [5.41, 5.74) is 0. The van der Waals surface area contributed by atoms with Crippen LogP contribution in [0.2, 0.25) is 0 Å². The summed E-state index contributed by atoms with van der Waals surface area (Å²) in [6.45, 7) is 3.04. The molecule has 6 nitrogen and oxygen atoms in total. The predicted octanol–water partition coefficient (Wildman–Crippen LogP) is 2.14. The lowest BCUT2D eigenvalue weighted by Crippen LogP contribution is -2.36. The summed E-state index contributed by atoms with van der Waals surface area (Å²) in [7, 11) is 2.07. The lowest BCUT2D eigenvalue weighted by atomic mass is 9.94. The van der Waals surface area contributed by atoms with E-state index in [1.165, 1.54) is 31.5 Å². The van der Waals surface area contributed by atoms with E-state index < -0.39 is 0 Å². The van der Waals surface area contributed by atoms with E-state index in [1.54, 1.807) is 0 Å². The number of imidazole rings is 1. The van der Waals surface area contributed by atoms with E-state index in [4.69, 9.17) is 4.52 Å². The van der Waals surface area contributed by atoms with Gasteiger partial charge in [0, 0.05) is 38.3 Å². The summed E-state index contributed by atoms with van der Waals surface area (Å²) in [6.07, 6.45) is 9.89. The molecule has 6 heteroatoms. The van der Waals surface area contributed by atoms with E-state index in [0.29, 0.717) is 11.8 Å². The SMILES string of the molecule is Cn1ccnc1C[C@H]1CCCN(Cc2noc(C3CC3)n2)C1. The van der Waals surface area contributed by atoms with Crippen LogP contribution in [-0.4, -0.2) is 37.7 Å². The molecule has 0 radical (unpaired) electrons. The molecule has 118 valence electrons. The highest BCUT2D eigenvalue weighted by Gasteiger charge is 2.30. The molecule has 1 atom stereocenters. The zero-order valence-corrected chi connectivity index (χ0v) is 13.1. The third-order valence-corrected chi connectivity index (χ3v) is 4.77. The fourth-order valence-electron chi connectivity index (χ4n) is 3.34. The van der Waals surface area contributed by atoms with E-state index in [1.807, 2.05) is 12.4 Å². The minimum Gasteiger partial charge on any atom is -0.339 e. The number of hydrogen-bond acceptors (Lipinski definition) is 5. The highest BCUT2D eigenvalue weighted by Crippen LogP contribution is 2.38. The lowest BCUT2D eigenvalue weighted by molar-refractivity contribution is 0.160. The Balaban J connectivity index is 1.34. The van der Waals surface area contributed by atoms with Gasteiger partial charge in [0.1, 0.15) is 5.82 Å². The molecular weight excluding hydrogens is 278 g/mol. The summed E-state index contributed by atoms with van der Waals surface area (Å²) < 4.78 is 7.48. The second-order valence-corrected chi connectivity index (χ2v) is 6.72. The van der Waals surface area contributed by atoms with Crippen LogP contribution in [0.4, 0.5) is 0 Å². The van der Waals surface area contributed by atoms with Gasteiger partial charge in [0.25, 0.3) is 0 Å². The molecule has 4 rings (SSSR count). The van der Waals surface area contributed by atoms with Gasteiger partial charge in [-0.2, -0.15) is 4.98 Å².